The molecule has 20 heavy (non-hydrogen) atoms. The van der Waals surface area contributed by atoms with Gasteiger partial charge in [-0.1, -0.05) is 6.92 Å². The zero-order chi connectivity index (χ0) is 14.4. The molecule has 110 valence electrons. The van der Waals surface area contributed by atoms with Crippen molar-refractivity contribution in [1.82, 2.24) is 15.1 Å². The second-order valence-electron chi connectivity index (χ2n) is 5.85. The molecule has 1 aromatic heterocycles. The van der Waals surface area contributed by atoms with E-state index >= 15 is 0 Å². The minimum absolute atomic E-state index is 0.166. The van der Waals surface area contributed by atoms with Crippen molar-refractivity contribution >= 4 is 11.5 Å². The molecule has 1 N–H and O–H groups in total. The molecule has 0 saturated carbocycles. The van der Waals surface area contributed by atoms with Gasteiger partial charge in [0.15, 0.2) is 0 Å². The zero-order valence-electron chi connectivity index (χ0n) is 12.2. The van der Waals surface area contributed by atoms with Crippen LogP contribution < -0.4 is 10.2 Å². The van der Waals surface area contributed by atoms with Crippen LogP contribution in [0, 0.1) is 28.9 Å². The molecule has 0 bridgehead atoms. The third kappa shape index (κ3) is 1.80. The number of anilines is 1. The first-order chi connectivity index (χ1) is 9.54. The van der Waals surface area contributed by atoms with Gasteiger partial charge >= 0.3 is 5.69 Å². The number of nitrogens with one attached hydrogen (secondary N) is 1. The average Bonchev–Trinajstić information content (AvgIpc) is 3.00. The Balaban J connectivity index is 2.03. The molecule has 0 radical (unpaired) electrons. The first kappa shape index (κ1) is 13.4. The highest BCUT2D eigenvalue weighted by Gasteiger charge is 2.46. The van der Waals surface area contributed by atoms with Crippen molar-refractivity contribution < 1.29 is 4.92 Å². The van der Waals surface area contributed by atoms with Gasteiger partial charge in [-0.2, -0.15) is 5.10 Å². The van der Waals surface area contributed by atoms with E-state index in [2.05, 4.69) is 22.2 Å². The maximum Gasteiger partial charge on any atom is 0.333 e. The monoisotopic (exact) mass is 279 g/mol. The van der Waals surface area contributed by atoms with Crippen LogP contribution in [-0.2, 0) is 7.05 Å². The molecule has 2 aliphatic heterocycles. The normalized spacial score (nSPS) is 28.9. The van der Waals surface area contributed by atoms with E-state index in [1.165, 1.54) is 0 Å². The molecule has 0 aromatic carbocycles. The van der Waals surface area contributed by atoms with Crippen molar-refractivity contribution in [2.24, 2.45) is 18.9 Å². The molecule has 3 heterocycles. The second-order valence-corrected chi connectivity index (χ2v) is 5.85. The molecular formula is C13H21N5O2. The third-order valence-electron chi connectivity index (χ3n) is 4.75. The number of nitro groups is 1. The average molecular weight is 279 g/mol. The Morgan fingerprint density at radius 2 is 2.25 bits per heavy atom. The Labute approximate surface area is 118 Å². The van der Waals surface area contributed by atoms with Gasteiger partial charge in [-0.05, 0) is 25.2 Å². The molecular weight excluding hydrogens is 258 g/mol. The van der Waals surface area contributed by atoms with E-state index in [0.29, 0.717) is 29.4 Å². The van der Waals surface area contributed by atoms with Crippen molar-refractivity contribution in [2.45, 2.75) is 26.3 Å². The molecule has 2 fully saturated rings. The summed E-state index contributed by atoms with van der Waals surface area (Å²) in [7, 11) is 1.80. The Morgan fingerprint density at radius 3 is 2.90 bits per heavy atom. The topological polar surface area (TPSA) is 76.2 Å². The van der Waals surface area contributed by atoms with Gasteiger partial charge in [-0.25, -0.2) is 4.68 Å². The summed E-state index contributed by atoms with van der Waals surface area (Å²) >= 11 is 0. The summed E-state index contributed by atoms with van der Waals surface area (Å²) in [5, 5.41) is 19.1. The van der Waals surface area contributed by atoms with Gasteiger partial charge in [0.1, 0.15) is 5.69 Å². The predicted molar refractivity (Wildman–Crippen MR) is 75.9 cm³/mol. The first-order valence-corrected chi connectivity index (χ1v) is 7.20. The quantitative estimate of drug-likeness (QED) is 0.661. The molecule has 2 aliphatic rings. The number of hydrogen-bond donors (Lipinski definition) is 1. The van der Waals surface area contributed by atoms with Crippen LogP contribution in [0.1, 0.15) is 19.0 Å². The fourth-order valence-corrected chi connectivity index (χ4v) is 3.96. The lowest BCUT2D eigenvalue weighted by atomic mass is 9.93. The summed E-state index contributed by atoms with van der Waals surface area (Å²) in [6.07, 6.45) is 1.00. The van der Waals surface area contributed by atoms with E-state index in [0.717, 1.165) is 26.1 Å². The van der Waals surface area contributed by atoms with Gasteiger partial charge in [0.25, 0.3) is 0 Å². The molecule has 0 amide bonds. The number of hydrogen-bond acceptors (Lipinski definition) is 5. The SMILES string of the molecule is CCC1C2CNCC2CN1c1c([N+](=O)[O-])c(C)nn1C. The van der Waals surface area contributed by atoms with Gasteiger partial charge in [0, 0.05) is 32.7 Å². The molecule has 0 aliphatic carbocycles. The highest BCUT2D eigenvalue weighted by atomic mass is 16.6. The fourth-order valence-electron chi connectivity index (χ4n) is 3.96. The van der Waals surface area contributed by atoms with E-state index in [-0.39, 0.29) is 10.6 Å². The minimum atomic E-state index is -0.295. The van der Waals surface area contributed by atoms with E-state index in [4.69, 9.17) is 0 Å². The largest absolute Gasteiger partial charge is 0.347 e. The molecule has 7 heteroatoms. The van der Waals surface area contributed by atoms with Gasteiger partial charge in [0.2, 0.25) is 5.82 Å². The first-order valence-electron chi connectivity index (χ1n) is 7.20. The van der Waals surface area contributed by atoms with Crippen molar-refractivity contribution in [1.29, 1.82) is 0 Å². The lowest BCUT2D eigenvalue weighted by Crippen LogP contribution is -2.36. The number of rotatable bonds is 3. The van der Waals surface area contributed by atoms with Crippen LogP contribution >= 0.6 is 0 Å². The van der Waals surface area contributed by atoms with Crippen molar-refractivity contribution in [3.05, 3.63) is 15.8 Å². The Hall–Kier alpha value is -1.63. The van der Waals surface area contributed by atoms with E-state index in [9.17, 15) is 10.1 Å². The maximum absolute atomic E-state index is 11.4. The Kier molecular flexibility index (Phi) is 3.16. The van der Waals surface area contributed by atoms with Gasteiger partial charge in [-0.3, -0.25) is 10.1 Å². The summed E-state index contributed by atoms with van der Waals surface area (Å²) < 4.78 is 1.67. The van der Waals surface area contributed by atoms with Crippen molar-refractivity contribution in [3.63, 3.8) is 0 Å². The van der Waals surface area contributed by atoms with Crippen LogP contribution in [0.5, 0.6) is 0 Å². The number of aryl methyl sites for hydroxylation is 2. The molecule has 1 aromatic rings. The summed E-state index contributed by atoms with van der Waals surface area (Å²) in [6, 6.07) is 0.364. The van der Waals surface area contributed by atoms with Crippen LogP contribution in [0.15, 0.2) is 0 Å². The standard InChI is InChI=1S/C13H21N5O2/c1-4-11-10-6-14-5-9(10)7-17(11)13-12(18(19)20)8(2)15-16(13)3/h9-11,14H,4-7H2,1-3H3. The zero-order valence-corrected chi connectivity index (χ0v) is 12.2. The summed E-state index contributed by atoms with van der Waals surface area (Å²) in [4.78, 5) is 13.3. The molecule has 2 saturated heterocycles. The molecule has 3 unspecified atom stereocenters. The minimum Gasteiger partial charge on any atom is -0.347 e. The number of aromatic nitrogens is 2. The highest BCUT2D eigenvalue weighted by Crippen LogP contribution is 2.41. The van der Waals surface area contributed by atoms with E-state index in [1.54, 1.807) is 18.7 Å². The number of fused-ring (bicyclic) bond motifs is 1. The van der Waals surface area contributed by atoms with Crippen LogP contribution in [0.3, 0.4) is 0 Å². The molecule has 3 atom stereocenters. The van der Waals surface area contributed by atoms with Gasteiger partial charge in [0.05, 0.1) is 4.92 Å². The van der Waals surface area contributed by atoms with E-state index < -0.39 is 0 Å². The molecule has 7 nitrogen and oxygen atoms in total. The van der Waals surface area contributed by atoms with Crippen LogP contribution in [0.4, 0.5) is 11.5 Å². The lowest BCUT2D eigenvalue weighted by Gasteiger charge is -2.27. The van der Waals surface area contributed by atoms with E-state index in [1.807, 2.05) is 0 Å². The summed E-state index contributed by atoms with van der Waals surface area (Å²) in [6.45, 7) is 6.79. The molecule has 3 rings (SSSR count). The predicted octanol–water partition coefficient (Wildman–Crippen LogP) is 1.07. The van der Waals surface area contributed by atoms with Gasteiger partial charge < -0.3 is 10.2 Å². The van der Waals surface area contributed by atoms with Crippen LogP contribution in [-0.4, -0.2) is 40.4 Å². The summed E-state index contributed by atoms with van der Waals surface area (Å²) in [5.41, 5.74) is 0.663. The summed E-state index contributed by atoms with van der Waals surface area (Å²) in [5.74, 6) is 1.86. The highest BCUT2D eigenvalue weighted by molar-refractivity contribution is 5.62. The smallest absolute Gasteiger partial charge is 0.333 e. The Morgan fingerprint density at radius 1 is 1.50 bits per heavy atom. The van der Waals surface area contributed by atoms with Gasteiger partial charge in [-0.15, -0.1) is 0 Å². The Bertz CT molecular complexity index is 541. The maximum atomic E-state index is 11.4. The lowest BCUT2D eigenvalue weighted by molar-refractivity contribution is -0.384. The van der Waals surface area contributed by atoms with Crippen molar-refractivity contribution in [3.8, 4) is 0 Å². The molecule has 0 spiro atoms. The number of nitrogens with zero attached hydrogens (tertiary/aromatic N) is 4. The van der Waals surface area contributed by atoms with Crippen LogP contribution in [0.2, 0.25) is 0 Å². The van der Waals surface area contributed by atoms with Crippen molar-refractivity contribution in [2.75, 3.05) is 24.5 Å². The van der Waals surface area contributed by atoms with Crippen LogP contribution in [0.25, 0.3) is 0 Å². The third-order valence-corrected chi connectivity index (χ3v) is 4.75. The second kappa shape index (κ2) is 4.73. The fraction of sp³-hybridized carbons (Fsp3) is 0.769.